The van der Waals surface area contributed by atoms with Gasteiger partial charge in [-0.05, 0) is 56.2 Å². The molecule has 0 fully saturated rings. The minimum absolute atomic E-state index is 0.0198. The molecule has 0 aliphatic carbocycles. The van der Waals surface area contributed by atoms with Crippen molar-refractivity contribution in [2.75, 3.05) is 0 Å². The van der Waals surface area contributed by atoms with E-state index in [2.05, 4.69) is 0 Å². The summed E-state index contributed by atoms with van der Waals surface area (Å²) in [5.74, 6) is -1.85. The fraction of sp³-hybridized carbons (Fsp3) is 0.280. The van der Waals surface area contributed by atoms with Crippen LogP contribution in [0.15, 0.2) is 57.0 Å². The summed E-state index contributed by atoms with van der Waals surface area (Å²) in [5.41, 5.74) is -3.14. The van der Waals surface area contributed by atoms with Crippen molar-refractivity contribution in [2.24, 2.45) is 0 Å². The van der Waals surface area contributed by atoms with Crippen LogP contribution in [-0.2, 0) is 25.8 Å². The van der Waals surface area contributed by atoms with Gasteiger partial charge in [0.2, 0.25) is 0 Å². The number of aromatic carboxylic acids is 1. The Labute approximate surface area is 207 Å². The average Bonchev–Trinajstić information content (AvgIpc) is 3.11. The summed E-state index contributed by atoms with van der Waals surface area (Å²) in [4.78, 5) is 50.7. The number of aryl methyl sites for hydroxylation is 2. The van der Waals surface area contributed by atoms with Crippen molar-refractivity contribution < 1.29 is 23.1 Å². The Bertz CT molecular complexity index is 1720. The molecule has 0 amide bonds. The van der Waals surface area contributed by atoms with Gasteiger partial charge < -0.3 is 9.90 Å². The van der Waals surface area contributed by atoms with E-state index >= 15 is 0 Å². The third kappa shape index (κ3) is 4.28. The summed E-state index contributed by atoms with van der Waals surface area (Å²) in [6.07, 6.45) is -3.83. The molecule has 0 atom stereocenters. The minimum Gasteiger partial charge on any atom is -0.545 e. The molecule has 0 aliphatic rings. The second-order valence-corrected chi connectivity index (χ2v) is 8.41. The van der Waals surface area contributed by atoms with Crippen molar-refractivity contribution in [3.63, 3.8) is 0 Å². The molecule has 4 rings (SSSR count). The molecule has 4 aromatic rings. The van der Waals surface area contributed by atoms with E-state index in [1.54, 1.807) is 19.9 Å². The highest BCUT2D eigenvalue weighted by Crippen LogP contribution is 2.33. The first kappa shape index (κ1) is 25.7. The van der Waals surface area contributed by atoms with E-state index in [9.17, 15) is 37.5 Å². The van der Waals surface area contributed by atoms with Gasteiger partial charge in [0.1, 0.15) is 0 Å². The first-order chi connectivity index (χ1) is 17.4. The third-order valence-electron chi connectivity index (χ3n) is 6.38. The van der Waals surface area contributed by atoms with Crippen LogP contribution < -0.4 is 22.0 Å². The highest BCUT2D eigenvalue weighted by atomic mass is 19.4. The van der Waals surface area contributed by atoms with E-state index in [4.69, 9.17) is 0 Å². The smallest absolute Gasteiger partial charge is 0.416 e. The monoisotopic (exact) mass is 515 g/mol. The van der Waals surface area contributed by atoms with Crippen LogP contribution in [0.2, 0.25) is 0 Å². The summed E-state index contributed by atoms with van der Waals surface area (Å²) in [6, 6.07) is 7.94. The number of halogens is 3. The number of nitrogens with zero attached hydrogens (tertiary/aromatic N) is 4. The quantitative estimate of drug-likeness (QED) is 0.390. The van der Waals surface area contributed by atoms with Crippen LogP contribution in [0.25, 0.3) is 16.7 Å². The number of imidazole rings is 1. The lowest BCUT2D eigenvalue weighted by molar-refractivity contribution is -0.255. The fourth-order valence-electron chi connectivity index (χ4n) is 4.47. The predicted molar refractivity (Wildman–Crippen MR) is 127 cm³/mol. The molecule has 2 heterocycles. The predicted octanol–water partition coefficient (Wildman–Crippen LogP) is 1.89. The molecule has 37 heavy (non-hydrogen) atoms. The maximum absolute atomic E-state index is 13.4. The number of hydrogen-bond donors (Lipinski definition) is 0. The molecule has 0 saturated carbocycles. The van der Waals surface area contributed by atoms with E-state index in [0.29, 0.717) is 28.7 Å². The number of carboxylic acid groups (broad SMARTS) is 1. The largest absolute Gasteiger partial charge is 0.545 e. The second-order valence-electron chi connectivity index (χ2n) is 8.41. The van der Waals surface area contributed by atoms with Crippen molar-refractivity contribution in [1.29, 1.82) is 0 Å². The Morgan fingerprint density at radius 2 is 1.57 bits per heavy atom. The topological polar surface area (TPSA) is 111 Å². The van der Waals surface area contributed by atoms with Crippen LogP contribution in [0.4, 0.5) is 13.2 Å². The summed E-state index contributed by atoms with van der Waals surface area (Å²) in [7, 11) is 0. The number of carbonyl (C=O) groups excluding carboxylic acids is 1. The van der Waals surface area contributed by atoms with E-state index < -0.39 is 41.1 Å². The Kier molecular flexibility index (Phi) is 6.44. The van der Waals surface area contributed by atoms with Crippen molar-refractivity contribution in [3.8, 4) is 5.69 Å². The van der Waals surface area contributed by atoms with Gasteiger partial charge in [-0.3, -0.25) is 23.1 Å². The highest BCUT2D eigenvalue weighted by molar-refractivity contribution is 5.85. The first-order valence-electron chi connectivity index (χ1n) is 11.4. The molecule has 12 heteroatoms. The summed E-state index contributed by atoms with van der Waals surface area (Å²) < 4.78 is 44.6. The Balaban J connectivity index is 1.97. The second kappa shape index (κ2) is 9.26. The van der Waals surface area contributed by atoms with Gasteiger partial charge in [-0.15, -0.1) is 0 Å². The molecule has 0 aliphatic heterocycles. The van der Waals surface area contributed by atoms with Crippen LogP contribution in [0, 0.1) is 6.92 Å². The minimum atomic E-state index is -4.66. The van der Waals surface area contributed by atoms with Crippen molar-refractivity contribution >= 4 is 17.0 Å². The molecule has 0 saturated heterocycles. The molecular weight excluding hydrogens is 493 g/mol. The molecule has 2 aromatic heterocycles. The number of rotatable bonds is 6. The molecule has 0 radical (unpaired) electrons. The van der Waals surface area contributed by atoms with Crippen LogP contribution in [0.1, 0.15) is 40.9 Å². The lowest BCUT2D eigenvalue weighted by Gasteiger charge is -2.17. The number of carbonyl (C=O) groups is 1. The fourth-order valence-corrected chi connectivity index (χ4v) is 4.47. The number of aromatic nitrogens is 4. The average molecular weight is 515 g/mol. The van der Waals surface area contributed by atoms with Gasteiger partial charge in [0.05, 0.1) is 40.4 Å². The van der Waals surface area contributed by atoms with Crippen LogP contribution in [-0.4, -0.2) is 24.2 Å². The van der Waals surface area contributed by atoms with Gasteiger partial charge in [0, 0.05) is 19.3 Å². The van der Waals surface area contributed by atoms with Crippen LogP contribution >= 0.6 is 0 Å². The zero-order valence-corrected chi connectivity index (χ0v) is 20.1. The summed E-state index contributed by atoms with van der Waals surface area (Å²) in [6.45, 7) is 4.92. The van der Waals surface area contributed by atoms with Crippen molar-refractivity contribution in [2.45, 2.75) is 46.6 Å². The third-order valence-corrected chi connectivity index (χ3v) is 6.38. The molecule has 2 aromatic carbocycles. The highest BCUT2D eigenvalue weighted by Gasteiger charge is 2.33. The number of benzene rings is 2. The summed E-state index contributed by atoms with van der Waals surface area (Å²) >= 11 is 0. The Morgan fingerprint density at radius 3 is 2.16 bits per heavy atom. The number of hydrogen-bond acceptors (Lipinski definition) is 5. The van der Waals surface area contributed by atoms with Gasteiger partial charge in [-0.2, -0.15) is 13.2 Å². The van der Waals surface area contributed by atoms with Gasteiger partial charge in [0.25, 0.3) is 5.56 Å². The molecule has 0 bridgehead atoms. The summed E-state index contributed by atoms with van der Waals surface area (Å²) in [5, 5.41) is 11.7. The molecule has 194 valence electrons. The van der Waals surface area contributed by atoms with E-state index in [-0.39, 0.29) is 22.5 Å². The normalized spacial score (nSPS) is 11.8. The standard InChI is InChI=1S/C25H23F3N4O5/c1-4-29-19-10-9-16(11-20(19)30(5-2)23(29)36)31-13-17(22(34)35)21(33)32(24(31)37)12-15-7-6-8-18(14(15)3)25(26,27)28/h6-11,13H,4-5,12H2,1-3H3,(H,34,35)/p-1. The number of carboxylic acids is 1. The van der Waals surface area contributed by atoms with Crippen molar-refractivity contribution in [1.82, 2.24) is 18.3 Å². The molecular formula is C25H22F3N4O5-. The zero-order valence-electron chi connectivity index (χ0n) is 20.1. The first-order valence-corrected chi connectivity index (χ1v) is 11.4. The van der Waals surface area contributed by atoms with E-state index in [0.717, 1.165) is 22.9 Å². The lowest BCUT2D eigenvalue weighted by Crippen LogP contribution is -2.44. The van der Waals surface area contributed by atoms with Gasteiger partial charge in [-0.25, -0.2) is 9.59 Å². The maximum Gasteiger partial charge on any atom is 0.416 e. The van der Waals surface area contributed by atoms with Gasteiger partial charge in [0.15, 0.2) is 0 Å². The SMILES string of the molecule is CCn1c(=O)n(CC)c2cc(-n3cc(C(=O)[O-])c(=O)n(Cc4cccc(C(F)(F)F)c4C)c3=O)ccc21. The molecule has 0 unspecified atom stereocenters. The van der Waals surface area contributed by atoms with E-state index in [1.807, 2.05) is 0 Å². The van der Waals surface area contributed by atoms with Gasteiger partial charge >= 0.3 is 17.6 Å². The number of alkyl halides is 3. The van der Waals surface area contributed by atoms with E-state index in [1.165, 1.54) is 34.3 Å². The Morgan fingerprint density at radius 1 is 0.919 bits per heavy atom. The maximum atomic E-state index is 13.4. The van der Waals surface area contributed by atoms with Crippen LogP contribution in [0.3, 0.4) is 0 Å². The number of fused-ring (bicyclic) bond motifs is 1. The zero-order chi connectivity index (χ0) is 27.2. The van der Waals surface area contributed by atoms with Crippen LogP contribution in [0.5, 0.6) is 0 Å². The lowest BCUT2D eigenvalue weighted by atomic mass is 10.0. The van der Waals surface area contributed by atoms with Crippen molar-refractivity contribution in [3.05, 3.63) is 96.2 Å². The molecule has 0 spiro atoms. The molecule has 0 N–H and O–H groups in total. The van der Waals surface area contributed by atoms with Gasteiger partial charge in [-0.1, -0.05) is 12.1 Å². The Hall–Kier alpha value is -4.35. The molecule has 9 nitrogen and oxygen atoms in total.